The van der Waals surface area contributed by atoms with Crippen molar-refractivity contribution >= 4 is 11.3 Å². The molecule has 0 spiro atoms. The first kappa shape index (κ1) is 16.0. The fourth-order valence-electron chi connectivity index (χ4n) is 3.02. The molecule has 0 aromatic carbocycles. The Bertz CT molecular complexity index is 424. The van der Waals surface area contributed by atoms with Crippen LogP contribution in [0.5, 0.6) is 0 Å². The first-order chi connectivity index (χ1) is 9.43. The molecular weight excluding hydrogens is 264 g/mol. The van der Waals surface area contributed by atoms with Crippen molar-refractivity contribution in [1.82, 2.24) is 10.3 Å². The van der Waals surface area contributed by atoms with Crippen LogP contribution in [-0.4, -0.2) is 11.5 Å². The molecule has 3 heteroatoms. The molecule has 0 bridgehead atoms. The Morgan fingerprint density at radius 2 is 1.95 bits per heavy atom. The van der Waals surface area contributed by atoms with Crippen molar-refractivity contribution in [2.24, 2.45) is 5.41 Å². The van der Waals surface area contributed by atoms with E-state index >= 15 is 0 Å². The average molecular weight is 295 g/mol. The highest BCUT2D eigenvalue weighted by atomic mass is 32.1. The SMILES string of the molecule is CCNCc1sc(C2CCC(C)(C)CC2)nc1C(C)C. The second kappa shape index (κ2) is 6.57. The lowest BCUT2D eigenvalue weighted by Crippen LogP contribution is -2.20. The molecule has 1 heterocycles. The molecule has 2 nitrogen and oxygen atoms in total. The maximum absolute atomic E-state index is 5.01. The molecule has 0 radical (unpaired) electrons. The summed E-state index contributed by atoms with van der Waals surface area (Å²) < 4.78 is 0. The van der Waals surface area contributed by atoms with Crippen LogP contribution in [0.15, 0.2) is 0 Å². The third-order valence-corrected chi connectivity index (χ3v) is 5.75. The standard InChI is InChI=1S/C17H30N2S/c1-6-18-11-14-15(12(2)3)19-16(20-14)13-7-9-17(4,5)10-8-13/h12-13,18H,6-11H2,1-5H3. The molecule has 1 aliphatic carbocycles. The Labute approximate surface area is 128 Å². The van der Waals surface area contributed by atoms with Gasteiger partial charge in [0.15, 0.2) is 0 Å². The summed E-state index contributed by atoms with van der Waals surface area (Å²) in [5, 5.41) is 4.86. The lowest BCUT2D eigenvalue weighted by Gasteiger charge is -2.33. The zero-order chi connectivity index (χ0) is 14.8. The van der Waals surface area contributed by atoms with Gasteiger partial charge in [0.25, 0.3) is 0 Å². The first-order valence-corrected chi connectivity index (χ1v) is 8.95. The third kappa shape index (κ3) is 3.82. The topological polar surface area (TPSA) is 24.9 Å². The van der Waals surface area contributed by atoms with Gasteiger partial charge >= 0.3 is 0 Å². The van der Waals surface area contributed by atoms with Crippen LogP contribution < -0.4 is 5.32 Å². The fourth-order valence-corrected chi connectivity index (χ4v) is 4.38. The van der Waals surface area contributed by atoms with Gasteiger partial charge in [-0.2, -0.15) is 0 Å². The van der Waals surface area contributed by atoms with Crippen molar-refractivity contribution in [1.29, 1.82) is 0 Å². The van der Waals surface area contributed by atoms with Crippen molar-refractivity contribution in [2.75, 3.05) is 6.54 Å². The zero-order valence-corrected chi connectivity index (χ0v) is 14.6. The molecule has 0 amide bonds. The largest absolute Gasteiger partial charge is 0.312 e. The number of nitrogens with zero attached hydrogens (tertiary/aromatic N) is 1. The van der Waals surface area contributed by atoms with E-state index in [0.717, 1.165) is 13.1 Å². The van der Waals surface area contributed by atoms with Crippen LogP contribution in [-0.2, 0) is 6.54 Å². The first-order valence-electron chi connectivity index (χ1n) is 8.13. The van der Waals surface area contributed by atoms with Crippen LogP contribution in [0.3, 0.4) is 0 Å². The van der Waals surface area contributed by atoms with Crippen LogP contribution >= 0.6 is 11.3 Å². The summed E-state index contributed by atoms with van der Waals surface area (Å²) in [7, 11) is 0. The van der Waals surface area contributed by atoms with Gasteiger partial charge in [0, 0.05) is 17.3 Å². The molecule has 1 fully saturated rings. The highest BCUT2D eigenvalue weighted by Gasteiger charge is 2.30. The van der Waals surface area contributed by atoms with Crippen LogP contribution in [0.25, 0.3) is 0 Å². The predicted molar refractivity (Wildman–Crippen MR) is 88.6 cm³/mol. The summed E-state index contributed by atoms with van der Waals surface area (Å²) >= 11 is 1.96. The van der Waals surface area contributed by atoms with Crippen LogP contribution in [0.2, 0.25) is 0 Å². The molecule has 0 atom stereocenters. The summed E-state index contributed by atoms with van der Waals surface area (Å²) in [5.41, 5.74) is 1.87. The lowest BCUT2D eigenvalue weighted by atomic mass is 9.73. The molecule has 0 aliphatic heterocycles. The smallest absolute Gasteiger partial charge is 0.0962 e. The van der Waals surface area contributed by atoms with Crippen molar-refractivity contribution < 1.29 is 0 Å². The maximum atomic E-state index is 5.01. The van der Waals surface area contributed by atoms with Gasteiger partial charge < -0.3 is 5.32 Å². The zero-order valence-electron chi connectivity index (χ0n) is 13.8. The molecule has 20 heavy (non-hydrogen) atoms. The molecule has 1 aromatic heterocycles. The minimum atomic E-state index is 0.536. The summed E-state index contributed by atoms with van der Waals surface area (Å²) in [6.07, 6.45) is 5.32. The Kier molecular flexibility index (Phi) is 5.25. The molecule has 0 unspecified atom stereocenters. The number of hydrogen-bond acceptors (Lipinski definition) is 3. The molecule has 2 rings (SSSR count). The molecule has 114 valence electrons. The van der Waals surface area contributed by atoms with Gasteiger partial charge in [-0.05, 0) is 43.6 Å². The normalized spacial score (nSPS) is 19.7. The van der Waals surface area contributed by atoms with E-state index in [1.165, 1.54) is 41.3 Å². The molecule has 1 saturated carbocycles. The highest BCUT2D eigenvalue weighted by molar-refractivity contribution is 7.11. The van der Waals surface area contributed by atoms with E-state index in [2.05, 4.69) is 39.9 Å². The highest BCUT2D eigenvalue weighted by Crippen LogP contribution is 2.44. The molecular formula is C17H30N2S. The van der Waals surface area contributed by atoms with Crippen molar-refractivity contribution in [2.45, 2.75) is 78.7 Å². The Hall–Kier alpha value is -0.410. The van der Waals surface area contributed by atoms with E-state index < -0.39 is 0 Å². The number of rotatable bonds is 5. The summed E-state index contributed by atoms with van der Waals surface area (Å²) in [6.45, 7) is 13.5. The van der Waals surface area contributed by atoms with Crippen LogP contribution in [0.1, 0.15) is 87.7 Å². The van der Waals surface area contributed by atoms with E-state index in [4.69, 9.17) is 4.98 Å². The van der Waals surface area contributed by atoms with Gasteiger partial charge in [0.05, 0.1) is 10.7 Å². The number of aromatic nitrogens is 1. The van der Waals surface area contributed by atoms with Gasteiger partial charge in [0.1, 0.15) is 0 Å². The van der Waals surface area contributed by atoms with Gasteiger partial charge in [-0.1, -0.05) is 34.6 Å². The summed E-state index contributed by atoms with van der Waals surface area (Å²) in [6, 6.07) is 0. The van der Waals surface area contributed by atoms with Gasteiger partial charge in [-0.3, -0.25) is 0 Å². The molecule has 1 N–H and O–H groups in total. The molecule has 0 saturated heterocycles. The average Bonchev–Trinajstić information content (AvgIpc) is 2.80. The van der Waals surface area contributed by atoms with Gasteiger partial charge in [-0.15, -0.1) is 11.3 Å². The lowest BCUT2D eigenvalue weighted by molar-refractivity contribution is 0.224. The van der Waals surface area contributed by atoms with E-state index in [1.54, 1.807) is 0 Å². The fraction of sp³-hybridized carbons (Fsp3) is 0.824. The quantitative estimate of drug-likeness (QED) is 0.821. The molecule has 1 aromatic rings. The van der Waals surface area contributed by atoms with Gasteiger partial charge in [-0.25, -0.2) is 4.98 Å². The monoisotopic (exact) mass is 294 g/mol. The summed E-state index contributed by atoms with van der Waals surface area (Å²) in [4.78, 5) is 6.47. The minimum absolute atomic E-state index is 0.536. The Morgan fingerprint density at radius 1 is 1.30 bits per heavy atom. The molecule has 1 aliphatic rings. The van der Waals surface area contributed by atoms with Crippen LogP contribution in [0, 0.1) is 5.41 Å². The predicted octanol–water partition coefficient (Wildman–Crippen LogP) is 5.06. The van der Waals surface area contributed by atoms with Crippen molar-refractivity contribution in [3.63, 3.8) is 0 Å². The maximum Gasteiger partial charge on any atom is 0.0962 e. The minimum Gasteiger partial charge on any atom is -0.312 e. The van der Waals surface area contributed by atoms with Gasteiger partial charge in [0.2, 0.25) is 0 Å². The van der Waals surface area contributed by atoms with Crippen molar-refractivity contribution in [3.8, 4) is 0 Å². The van der Waals surface area contributed by atoms with E-state index in [9.17, 15) is 0 Å². The van der Waals surface area contributed by atoms with E-state index in [-0.39, 0.29) is 0 Å². The van der Waals surface area contributed by atoms with Crippen molar-refractivity contribution in [3.05, 3.63) is 15.6 Å². The van der Waals surface area contributed by atoms with E-state index in [0.29, 0.717) is 17.3 Å². The number of thiazole rings is 1. The van der Waals surface area contributed by atoms with Crippen LogP contribution in [0.4, 0.5) is 0 Å². The summed E-state index contributed by atoms with van der Waals surface area (Å²) in [5.74, 6) is 1.24. The second-order valence-corrected chi connectivity index (χ2v) is 8.35. The Morgan fingerprint density at radius 3 is 2.50 bits per heavy atom. The second-order valence-electron chi connectivity index (χ2n) is 7.23. The Balaban J connectivity index is 2.12. The third-order valence-electron chi connectivity index (χ3n) is 4.51. The number of nitrogens with one attached hydrogen (secondary N) is 1. The number of hydrogen-bond donors (Lipinski definition) is 1. The van der Waals surface area contributed by atoms with E-state index in [1.807, 2.05) is 11.3 Å².